The molecule has 1 aliphatic heterocycles. The first-order valence-electron chi connectivity index (χ1n) is 5.79. The lowest BCUT2D eigenvalue weighted by Crippen LogP contribution is -2.38. The van der Waals surface area contributed by atoms with E-state index in [9.17, 15) is 0 Å². The summed E-state index contributed by atoms with van der Waals surface area (Å²) in [6, 6.07) is 4.79. The van der Waals surface area contributed by atoms with Crippen molar-refractivity contribution in [2.24, 2.45) is 0 Å². The van der Waals surface area contributed by atoms with E-state index in [2.05, 4.69) is 25.2 Å². The summed E-state index contributed by atoms with van der Waals surface area (Å²) in [5.41, 5.74) is 0. The number of ether oxygens (including phenoxy) is 1. The predicted molar refractivity (Wildman–Crippen MR) is 69.3 cm³/mol. The fourth-order valence-electron chi connectivity index (χ4n) is 2.14. The third-order valence-corrected chi connectivity index (χ3v) is 4.47. The van der Waals surface area contributed by atoms with E-state index in [4.69, 9.17) is 16.3 Å². The highest BCUT2D eigenvalue weighted by atomic mass is 35.5. The Labute approximate surface area is 106 Å². The van der Waals surface area contributed by atoms with Crippen molar-refractivity contribution in [3.8, 4) is 0 Å². The molecule has 0 bridgehead atoms. The van der Waals surface area contributed by atoms with Gasteiger partial charge < -0.3 is 10.1 Å². The molecule has 0 aliphatic carbocycles. The van der Waals surface area contributed by atoms with Crippen LogP contribution in [0.3, 0.4) is 0 Å². The van der Waals surface area contributed by atoms with Crippen molar-refractivity contribution < 1.29 is 4.74 Å². The van der Waals surface area contributed by atoms with E-state index >= 15 is 0 Å². The lowest BCUT2D eigenvalue weighted by Gasteiger charge is -2.23. The van der Waals surface area contributed by atoms with Crippen LogP contribution in [0.1, 0.15) is 37.6 Å². The average molecular weight is 260 g/mol. The lowest BCUT2D eigenvalue weighted by atomic mass is 10.1. The van der Waals surface area contributed by atoms with Crippen molar-refractivity contribution >= 4 is 22.9 Å². The van der Waals surface area contributed by atoms with E-state index in [1.54, 1.807) is 11.3 Å². The molecule has 1 saturated heterocycles. The Bertz CT molecular complexity index is 336. The Morgan fingerprint density at radius 2 is 2.31 bits per heavy atom. The van der Waals surface area contributed by atoms with Crippen LogP contribution >= 0.6 is 22.9 Å². The Morgan fingerprint density at radius 3 is 2.88 bits per heavy atom. The van der Waals surface area contributed by atoms with Crippen molar-refractivity contribution in [1.29, 1.82) is 0 Å². The third-order valence-electron chi connectivity index (χ3n) is 3.06. The molecule has 16 heavy (non-hydrogen) atoms. The van der Waals surface area contributed by atoms with Crippen LogP contribution in [-0.4, -0.2) is 18.8 Å². The van der Waals surface area contributed by atoms with Crippen LogP contribution in [0.4, 0.5) is 0 Å². The summed E-state index contributed by atoms with van der Waals surface area (Å²) in [6.45, 7) is 5.28. The van der Waals surface area contributed by atoms with Gasteiger partial charge in [0.05, 0.1) is 10.4 Å². The molecule has 2 rings (SSSR count). The molecule has 90 valence electrons. The zero-order valence-corrected chi connectivity index (χ0v) is 11.3. The first kappa shape index (κ1) is 12.4. The van der Waals surface area contributed by atoms with Gasteiger partial charge in [-0.3, -0.25) is 0 Å². The van der Waals surface area contributed by atoms with Crippen molar-refractivity contribution in [2.45, 2.75) is 44.9 Å². The summed E-state index contributed by atoms with van der Waals surface area (Å²) in [7, 11) is 0. The molecular weight excluding hydrogens is 242 g/mol. The lowest BCUT2D eigenvalue weighted by molar-refractivity contribution is 0.0805. The van der Waals surface area contributed by atoms with Gasteiger partial charge >= 0.3 is 0 Å². The molecule has 1 aliphatic rings. The maximum absolute atomic E-state index is 5.93. The zero-order valence-electron chi connectivity index (χ0n) is 9.70. The largest absolute Gasteiger partial charge is 0.377 e. The van der Waals surface area contributed by atoms with Gasteiger partial charge in [-0.1, -0.05) is 11.6 Å². The molecule has 2 nitrogen and oxygen atoms in total. The normalized spacial score (nSPS) is 24.6. The van der Waals surface area contributed by atoms with E-state index in [0.717, 1.165) is 10.9 Å². The van der Waals surface area contributed by atoms with Crippen LogP contribution < -0.4 is 5.32 Å². The van der Waals surface area contributed by atoms with Gasteiger partial charge in [0.25, 0.3) is 0 Å². The summed E-state index contributed by atoms with van der Waals surface area (Å²) in [4.78, 5) is 1.29. The topological polar surface area (TPSA) is 21.3 Å². The summed E-state index contributed by atoms with van der Waals surface area (Å²) < 4.78 is 6.53. The number of hydrogen-bond acceptors (Lipinski definition) is 3. The predicted octanol–water partition coefficient (Wildman–Crippen LogP) is 3.62. The molecule has 1 aromatic rings. The Hall–Kier alpha value is -0.0900. The molecule has 0 spiro atoms. The highest BCUT2D eigenvalue weighted by Gasteiger charge is 2.23. The van der Waals surface area contributed by atoms with Gasteiger partial charge in [0, 0.05) is 23.6 Å². The number of rotatable bonds is 4. The Kier molecular flexibility index (Phi) is 4.25. The van der Waals surface area contributed by atoms with E-state index < -0.39 is 0 Å². The zero-order chi connectivity index (χ0) is 11.5. The van der Waals surface area contributed by atoms with Crippen LogP contribution in [0.5, 0.6) is 0 Å². The fourth-order valence-corrected chi connectivity index (χ4v) is 3.21. The molecule has 4 heteroatoms. The minimum atomic E-state index is 0.344. The van der Waals surface area contributed by atoms with E-state index in [1.165, 1.54) is 17.7 Å². The number of nitrogens with one attached hydrogen (secondary N) is 1. The van der Waals surface area contributed by atoms with Gasteiger partial charge in [-0.2, -0.15) is 0 Å². The van der Waals surface area contributed by atoms with Crippen molar-refractivity contribution in [3.05, 3.63) is 21.3 Å². The monoisotopic (exact) mass is 259 g/mol. The molecule has 0 amide bonds. The highest BCUT2D eigenvalue weighted by molar-refractivity contribution is 7.16. The average Bonchev–Trinajstić information content (AvgIpc) is 2.87. The SMILES string of the molecule is CC(NC(C)C1CCCO1)c1ccc(Cl)s1. The minimum Gasteiger partial charge on any atom is -0.377 e. The molecule has 3 unspecified atom stereocenters. The smallest absolute Gasteiger partial charge is 0.0931 e. The molecule has 3 atom stereocenters. The maximum atomic E-state index is 5.93. The van der Waals surface area contributed by atoms with Gasteiger partial charge in [0.15, 0.2) is 0 Å². The molecule has 0 radical (unpaired) electrons. The first-order chi connectivity index (χ1) is 7.66. The number of hydrogen-bond donors (Lipinski definition) is 1. The van der Waals surface area contributed by atoms with Gasteiger partial charge in [0.2, 0.25) is 0 Å². The van der Waals surface area contributed by atoms with Crippen molar-refractivity contribution in [2.75, 3.05) is 6.61 Å². The van der Waals surface area contributed by atoms with E-state index in [0.29, 0.717) is 18.2 Å². The first-order valence-corrected chi connectivity index (χ1v) is 6.99. The molecule has 1 fully saturated rings. The van der Waals surface area contributed by atoms with Crippen LogP contribution in [-0.2, 0) is 4.74 Å². The maximum Gasteiger partial charge on any atom is 0.0931 e. The van der Waals surface area contributed by atoms with Crippen molar-refractivity contribution in [3.63, 3.8) is 0 Å². The Morgan fingerprint density at radius 1 is 1.50 bits per heavy atom. The Balaban J connectivity index is 1.88. The number of thiophene rings is 1. The van der Waals surface area contributed by atoms with Gasteiger partial charge in [0.1, 0.15) is 0 Å². The summed E-state index contributed by atoms with van der Waals surface area (Å²) in [5.74, 6) is 0. The molecule has 1 N–H and O–H groups in total. The second-order valence-corrected chi connectivity index (χ2v) is 6.12. The third kappa shape index (κ3) is 2.98. The summed E-state index contributed by atoms with van der Waals surface area (Å²) in [5, 5.41) is 3.58. The van der Waals surface area contributed by atoms with Gasteiger partial charge in [-0.25, -0.2) is 0 Å². The second-order valence-electron chi connectivity index (χ2n) is 4.37. The molecular formula is C12H18ClNOS. The summed E-state index contributed by atoms with van der Waals surface area (Å²) in [6.07, 6.45) is 2.74. The van der Waals surface area contributed by atoms with Crippen molar-refractivity contribution in [1.82, 2.24) is 5.32 Å². The standard InChI is InChI=1S/C12H18ClNOS/c1-8(10-4-3-7-15-10)14-9(2)11-5-6-12(13)16-11/h5-6,8-10,14H,3-4,7H2,1-2H3. The summed E-state index contributed by atoms with van der Waals surface area (Å²) >= 11 is 7.58. The minimum absolute atomic E-state index is 0.344. The van der Waals surface area contributed by atoms with Gasteiger partial charge in [-0.05, 0) is 38.8 Å². The van der Waals surface area contributed by atoms with Crippen LogP contribution in [0.15, 0.2) is 12.1 Å². The second kappa shape index (κ2) is 5.50. The molecule has 0 aromatic carbocycles. The number of halogens is 1. The van der Waals surface area contributed by atoms with Crippen LogP contribution in [0.25, 0.3) is 0 Å². The molecule has 2 heterocycles. The van der Waals surface area contributed by atoms with Crippen LogP contribution in [0.2, 0.25) is 4.34 Å². The molecule has 1 aromatic heterocycles. The van der Waals surface area contributed by atoms with E-state index in [-0.39, 0.29) is 0 Å². The quantitative estimate of drug-likeness (QED) is 0.892. The molecule has 0 saturated carbocycles. The van der Waals surface area contributed by atoms with Gasteiger partial charge in [-0.15, -0.1) is 11.3 Å². The highest BCUT2D eigenvalue weighted by Crippen LogP contribution is 2.27. The van der Waals surface area contributed by atoms with E-state index in [1.807, 2.05) is 6.07 Å². The fraction of sp³-hybridized carbons (Fsp3) is 0.667. The van der Waals surface area contributed by atoms with Crippen LogP contribution in [0, 0.1) is 0 Å².